The Kier molecular flexibility index (Phi) is 3.05. The van der Waals surface area contributed by atoms with Crippen LogP contribution in [0.4, 0.5) is 0 Å². The first kappa shape index (κ1) is 10.9. The number of fused-ring (bicyclic) bond motifs is 1. The van der Waals surface area contributed by atoms with Crippen molar-refractivity contribution in [2.45, 2.75) is 0 Å². The number of hydrogen-bond donors (Lipinski definition) is 2. The van der Waals surface area contributed by atoms with E-state index in [-0.39, 0.29) is 5.56 Å². The smallest absolute Gasteiger partial charge is 0.307 e. The molecule has 5 heteroatoms. The van der Waals surface area contributed by atoms with E-state index in [1.807, 2.05) is 18.2 Å². The molecule has 0 saturated heterocycles. The molecule has 4 nitrogen and oxygen atoms in total. The summed E-state index contributed by atoms with van der Waals surface area (Å²) in [5.41, 5.74) is 0.614. The molecule has 1 heterocycles. The molecule has 0 atom stereocenters. The lowest BCUT2D eigenvalue weighted by Crippen LogP contribution is -2.21. The second kappa shape index (κ2) is 4.49. The van der Waals surface area contributed by atoms with Crippen molar-refractivity contribution in [1.29, 1.82) is 0 Å². The van der Waals surface area contributed by atoms with E-state index < -0.39 is 5.69 Å². The van der Waals surface area contributed by atoms with Gasteiger partial charge in [0.15, 0.2) is 0 Å². The quantitative estimate of drug-likeness (QED) is 0.821. The lowest BCUT2D eigenvalue weighted by Gasteiger charge is -1.97. The van der Waals surface area contributed by atoms with Crippen LogP contribution in [0.25, 0.3) is 17.0 Å². The molecule has 0 aliphatic heterocycles. The Morgan fingerprint density at radius 1 is 1.25 bits per heavy atom. The molecule has 0 spiro atoms. The molecule has 2 rings (SSSR count). The van der Waals surface area contributed by atoms with E-state index in [2.05, 4.69) is 25.9 Å². The van der Waals surface area contributed by atoms with E-state index in [1.165, 1.54) is 0 Å². The number of hydrogen-bond acceptors (Lipinski definition) is 2. The monoisotopic (exact) mass is 280 g/mol. The van der Waals surface area contributed by atoms with Crippen LogP contribution < -0.4 is 11.2 Å². The summed E-state index contributed by atoms with van der Waals surface area (Å²) in [7, 11) is 0. The average Bonchev–Trinajstić information content (AvgIpc) is 2.26. The fourth-order valence-corrected chi connectivity index (χ4v) is 1.65. The summed E-state index contributed by atoms with van der Waals surface area (Å²) in [6, 6.07) is 5.31. The second-order valence-electron chi connectivity index (χ2n) is 3.27. The van der Waals surface area contributed by atoms with Crippen molar-refractivity contribution in [2.75, 3.05) is 5.33 Å². The number of aromatic nitrogens is 2. The summed E-state index contributed by atoms with van der Waals surface area (Å²) in [5.74, 6) is 0. The predicted octanol–water partition coefficient (Wildman–Crippen LogP) is 1.62. The van der Waals surface area contributed by atoms with E-state index in [0.717, 1.165) is 10.9 Å². The number of alkyl halides is 1. The summed E-state index contributed by atoms with van der Waals surface area (Å²) in [4.78, 5) is 27.3. The van der Waals surface area contributed by atoms with Gasteiger partial charge >= 0.3 is 5.69 Å². The van der Waals surface area contributed by atoms with Gasteiger partial charge < -0.3 is 4.98 Å². The van der Waals surface area contributed by atoms with Crippen LogP contribution in [0.3, 0.4) is 0 Å². The maximum atomic E-state index is 11.5. The van der Waals surface area contributed by atoms with Gasteiger partial charge in [-0.05, 0) is 17.7 Å². The average molecular weight is 281 g/mol. The molecule has 0 radical (unpaired) electrons. The van der Waals surface area contributed by atoms with Crippen LogP contribution in [0.2, 0.25) is 0 Å². The number of nitrogens with one attached hydrogen (secondary N) is 2. The van der Waals surface area contributed by atoms with Gasteiger partial charge in [-0.15, -0.1) is 0 Å². The zero-order valence-corrected chi connectivity index (χ0v) is 9.87. The highest BCUT2D eigenvalue weighted by molar-refractivity contribution is 9.09. The highest BCUT2D eigenvalue weighted by Gasteiger charge is 2.00. The van der Waals surface area contributed by atoms with Crippen LogP contribution in [-0.4, -0.2) is 15.3 Å². The van der Waals surface area contributed by atoms with E-state index in [0.29, 0.717) is 10.9 Å². The Morgan fingerprint density at radius 2 is 2.06 bits per heavy atom. The predicted molar refractivity (Wildman–Crippen MR) is 68.0 cm³/mol. The highest BCUT2D eigenvalue weighted by Crippen LogP contribution is 2.10. The molecule has 0 amide bonds. The minimum atomic E-state index is -0.485. The normalized spacial score (nSPS) is 11.3. The van der Waals surface area contributed by atoms with Crippen molar-refractivity contribution >= 4 is 32.9 Å². The fraction of sp³-hybridized carbons (Fsp3) is 0.0909. The standard InChI is InChI=1S/C11H9BrN2O2/c12-5-1-2-7-3-4-9-8(6-7)10(15)14-11(16)13-9/h1-4,6H,5H2,(H2,13,14,15,16). The maximum absolute atomic E-state index is 11.5. The second-order valence-corrected chi connectivity index (χ2v) is 3.92. The van der Waals surface area contributed by atoms with Gasteiger partial charge in [0.1, 0.15) is 0 Å². The van der Waals surface area contributed by atoms with Gasteiger partial charge in [-0.2, -0.15) is 0 Å². The van der Waals surface area contributed by atoms with Crippen molar-refractivity contribution in [3.05, 3.63) is 50.7 Å². The molecule has 0 unspecified atom stereocenters. The van der Waals surface area contributed by atoms with Crippen LogP contribution in [0.15, 0.2) is 33.9 Å². The third-order valence-corrected chi connectivity index (χ3v) is 2.54. The molecule has 0 aliphatic carbocycles. The van der Waals surface area contributed by atoms with Gasteiger partial charge in [-0.3, -0.25) is 9.78 Å². The Morgan fingerprint density at radius 3 is 2.81 bits per heavy atom. The number of benzene rings is 1. The van der Waals surface area contributed by atoms with Crippen LogP contribution >= 0.6 is 15.9 Å². The maximum Gasteiger partial charge on any atom is 0.326 e. The molecule has 16 heavy (non-hydrogen) atoms. The molecule has 1 aromatic carbocycles. The van der Waals surface area contributed by atoms with Gasteiger partial charge in [0.2, 0.25) is 0 Å². The van der Waals surface area contributed by atoms with E-state index in [1.54, 1.807) is 12.1 Å². The van der Waals surface area contributed by atoms with Gasteiger partial charge in [-0.1, -0.05) is 34.1 Å². The summed E-state index contributed by atoms with van der Waals surface area (Å²) in [6.45, 7) is 0. The van der Waals surface area contributed by atoms with Gasteiger partial charge in [0.05, 0.1) is 10.9 Å². The molecule has 0 saturated carbocycles. The Labute approximate surface area is 99.1 Å². The molecule has 2 N–H and O–H groups in total. The van der Waals surface area contributed by atoms with Crippen molar-refractivity contribution in [3.8, 4) is 0 Å². The lowest BCUT2D eigenvalue weighted by atomic mass is 10.1. The van der Waals surface area contributed by atoms with Crippen molar-refractivity contribution in [1.82, 2.24) is 9.97 Å². The third kappa shape index (κ3) is 2.14. The fourth-order valence-electron chi connectivity index (χ4n) is 1.47. The number of halogens is 1. The van der Waals surface area contributed by atoms with Crippen LogP contribution in [0.1, 0.15) is 5.56 Å². The molecular weight excluding hydrogens is 272 g/mol. The summed E-state index contributed by atoms with van der Waals surface area (Å²) >= 11 is 3.28. The topological polar surface area (TPSA) is 65.7 Å². The lowest BCUT2D eigenvalue weighted by molar-refractivity contribution is 1.08. The first-order valence-corrected chi connectivity index (χ1v) is 5.82. The van der Waals surface area contributed by atoms with Gasteiger partial charge in [0.25, 0.3) is 5.56 Å². The number of H-pyrrole nitrogens is 2. The van der Waals surface area contributed by atoms with Crippen LogP contribution in [-0.2, 0) is 0 Å². The Balaban J connectivity index is 2.67. The number of rotatable bonds is 2. The van der Waals surface area contributed by atoms with E-state index in [4.69, 9.17) is 0 Å². The van der Waals surface area contributed by atoms with Gasteiger partial charge in [0, 0.05) is 5.33 Å². The zero-order valence-electron chi connectivity index (χ0n) is 8.29. The SMILES string of the molecule is O=c1[nH]c(=O)c2cc(C=CCBr)ccc2[nH]1. The third-order valence-electron chi connectivity index (χ3n) is 2.16. The zero-order chi connectivity index (χ0) is 11.5. The summed E-state index contributed by atoms with van der Waals surface area (Å²) in [5, 5.41) is 1.24. The largest absolute Gasteiger partial charge is 0.326 e. The number of allylic oxidation sites excluding steroid dienone is 1. The molecule has 1 aromatic heterocycles. The minimum absolute atomic E-state index is 0.368. The van der Waals surface area contributed by atoms with Crippen molar-refractivity contribution < 1.29 is 0 Å². The van der Waals surface area contributed by atoms with Crippen LogP contribution in [0, 0.1) is 0 Å². The Hall–Kier alpha value is -1.62. The molecule has 0 bridgehead atoms. The molecule has 0 fully saturated rings. The first-order chi connectivity index (χ1) is 7.70. The summed E-state index contributed by atoms with van der Waals surface area (Å²) in [6.07, 6.45) is 3.83. The summed E-state index contributed by atoms with van der Waals surface area (Å²) < 4.78 is 0. The molecule has 2 aromatic rings. The number of aromatic amines is 2. The Bertz CT molecular complexity index is 655. The minimum Gasteiger partial charge on any atom is -0.307 e. The molecule has 0 aliphatic rings. The van der Waals surface area contributed by atoms with Crippen molar-refractivity contribution in [3.63, 3.8) is 0 Å². The molecule has 82 valence electrons. The first-order valence-electron chi connectivity index (χ1n) is 4.69. The van der Waals surface area contributed by atoms with E-state index in [9.17, 15) is 9.59 Å². The molecular formula is C11H9BrN2O2. The van der Waals surface area contributed by atoms with Crippen molar-refractivity contribution in [2.24, 2.45) is 0 Å². The highest BCUT2D eigenvalue weighted by atomic mass is 79.9. The van der Waals surface area contributed by atoms with E-state index >= 15 is 0 Å². The van der Waals surface area contributed by atoms with Crippen LogP contribution in [0.5, 0.6) is 0 Å². The van der Waals surface area contributed by atoms with Gasteiger partial charge in [-0.25, -0.2) is 4.79 Å².